The summed E-state index contributed by atoms with van der Waals surface area (Å²) < 4.78 is 74.8. The summed E-state index contributed by atoms with van der Waals surface area (Å²) in [5.74, 6) is 0. The minimum atomic E-state index is -5.48. The molecule has 1 aliphatic carbocycles. The molecule has 3 aromatic rings. The maximum Gasteiger partial charge on any atom is 1.00 e. The Labute approximate surface area is 292 Å². The quantitative estimate of drug-likeness (QED) is 0.106. The van der Waals surface area contributed by atoms with Crippen LogP contribution in [0.5, 0.6) is 0 Å². The van der Waals surface area contributed by atoms with E-state index in [0.717, 1.165) is 29.6 Å². The molecule has 1 aliphatic rings. The molecule has 0 radical (unpaired) electrons. The first-order valence-corrected chi connectivity index (χ1v) is 16.0. The van der Waals surface area contributed by atoms with Crippen molar-refractivity contribution in [2.75, 3.05) is 38.4 Å². The Morgan fingerprint density at radius 2 is 1.40 bits per heavy atom. The van der Waals surface area contributed by atoms with E-state index >= 15 is 0 Å². The fourth-order valence-corrected chi connectivity index (χ4v) is 6.06. The first kappa shape index (κ1) is 37.2. The molecule has 0 atom stereocenters. The van der Waals surface area contributed by atoms with Crippen LogP contribution in [0.2, 0.25) is 0 Å². The van der Waals surface area contributed by atoms with E-state index in [9.17, 15) is 46.2 Å². The molecule has 47 heavy (non-hydrogen) atoms. The van der Waals surface area contributed by atoms with Crippen molar-refractivity contribution in [3.05, 3.63) is 116 Å². The Hall–Kier alpha value is -4.23. The first-order valence-electron chi connectivity index (χ1n) is 13.1. The number of hydrogen-bond donors (Lipinski definition) is 2. The van der Waals surface area contributed by atoms with Gasteiger partial charge in [-0.1, -0.05) is 12.1 Å². The van der Waals surface area contributed by atoms with Gasteiger partial charge in [-0.05, 0) is 59.2 Å². The van der Waals surface area contributed by atoms with Crippen LogP contribution < -0.4 is 39.8 Å². The van der Waals surface area contributed by atoms with E-state index < -0.39 is 62.6 Å². The molecule has 18 heteroatoms. The summed E-state index contributed by atoms with van der Waals surface area (Å²) in [5.41, 5.74) is -0.0862. The predicted molar refractivity (Wildman–Crippen MR) is 169 cm³/mol. The molecule has 0 saturated heterocycles. The van der Waals surface area contributed by atoms with Crippen LogP contribution in [0.3, 0.4) is 0 Å². The van der Waals surface area contributed by atoms with E-state index in [1.54, 1.807) is 48.6 Å². The van der Waals surface area contributed by atoms with Crippen molar-refractivity contribution in [3.8, 4) is 0 Å². The third-order valence-electron chi connectivity index (χ3n) is 6.90. The third-order valence-corrected chi connectivity index (χ3v) is 8.67. The molecule has 0 aromatic heterocycles. The zero-order valence-corrected chi connectivity index (χ0v) is 29.4. The van der Waals surface area contributed by atoms with Gasteiger partial charge in [-0.2, -0.15) is 8.42 Å². The molecule has 0 unspecified atom stereocenters. The molecule has 0 fully saturated rings. The molecular weight excluding hydrogens is 665 g/mol. The molecule has 0 spiro atoms. The number of rotatable bonds is 9. The maximum absolute atomic E-state index is 12.8. The SMILES string of the molecule is CN(C)c1ccc(C(=C2C=CC(=[N+](C)C)C=C2)c2cc(Nc3ccc([N+](=O)[O-])cc3[N+](=O)[O-])c(S(=O)(=O)[O-])cc2S(=O)(=O)O)cc1.[Na+]. The third kappa shape index (κ3) is 8.38. The second-order valence-electron chi connectivity index (χ2n) is 10.4. The van der Waals surface area contributed by atoms with Gasteiger partial charge in [-0.15, -0.1) is 0 Å². The average Bonchev–Trinajstić information content (AvgIpc) is 2.96. The number of nitro benzene ring substituents is 2. The molecule has 15 nitrogen and oxygen atoms in total. The Morgan fingerprint density at radius 1 is 0.809 bits per heavy atom. The number of hydrogen-bond acceptors (Lipinski definition) is 11. The number of nitrogens with zero attached hydrogens (tertiary/aromatic N) is 4. The van der Waals surface area contributed by atoms with Crippen LogP contribution >= 0.6 is 0 Å². The van der Waals surface area contributed by atoms with Gasteiger partial charge in [0.05, 0.1) is 26.5 Å². The van der Waals surface area contributed by atoms with Crippen molar-refractivity contribution in [3.63, 3.8) is 0 Å². The molecule has 240 valence electrons. The maximum atomic E-state index is 12.8. The van der Waals surface area contributed by atoms with Crippen molar-refractivity contribution in [1.29, 1.82) is 0 Å². The van der Waals surface area contributed by atoms with E-state index in [-0.39, 0.29) is 40.7 Å². The van der Waals surface area contributed by atoms with Crippen LogP contribution in [-0.4, -0.2) is 74.3 Å². The standard InChI is InChI=1S/C29H27N5O10S2.Na/c1-31(2)20-9-5-18(6-10-20)29(19-7-11-21(12-8-19)32(3)4)23-16-25(28(46(42,43)44)17-27(23)45(39,40)41)30-24-14-13-22(33(35)36)15-26(24)34(37)38;/h5-17,30H,1-4H3,(H-,39,40,41,42,43,44);/q;+1. The minimum absolute atomic E-state index is 0. The summed E-state index contributed by atoms with van der Waals surface area (Å²) in [6, 6.07) is 10.8. The largest absolute Gasteiger partial charge is 1.00 e. The van der Waals surface area contributed by atoms with Crippen LogP contribution in [-0.2, 0) is 20.2 Å². The Balaban J connectivity index is 0.00000600. The molecule has 0 saturated carbocycles. The van der Waals surface area contributed by atoms with E-state index in [1.807, 2.05) is 37.7 Å². The van der Waals surface area contributed by atoms with E-state index in [0.29, 0.717) is 23.3 Å². The topological polar surface area (TPSA) is 216 Å². The summed E-state index contributed by atoms with van der Waals surface area (Å²) in [6.07, 6.45) is 6.83. The second kappa shape index (κ2) is 14.3. The number of anilines is 3. The molecule has 0 bridgehead atoms. The Bertz CT molecular complexity index is 2100. The van der Waals surface area contributed by atoms with Crippen LogP contribution in [0.25, 0.3) is 5.57 Å². The van der Waals surface area contributed by atoms with Crippen LogP contribution in [0.15, 0.2) is 94.3 Å². The van der Waals surface area contributed by atoms with Gasteiger partial charge in [-0.25, -0.2) is 13.0 Å². The van der Waals surface area contributed by atoms with Crippen molar-refractivity contribution < 1.29 is 69.9 Å². The molecule has 4 rings (SSSR count). The van der Waals surface area contributed by atoms with Gasteiger partial charge in [0, 0.05) is 43.6 Å². The zero-order valence-electron chi connectivity index (χ0n) is 25.7. The van der Waals surface area contributed by atoms with Gasteiger partial charge in [0.2, 0.25) is 0 Å². The number of non-ortho nitro benzene ring substituents is 1. The van der Waals surface area contributed by atoms with Crippen LogP contribution in [0, 0.1) is 20.2 Å². The number of nitrogens with one attached hydrogen (secondary N) is 1. The van der Waals surface area contributed by atoms with Gasteiger partial charge in [0.25, 0.3) is 21.5 Å². The first-order chi connectivity index (χ1) is 21.4. The predicted octanol–water partition coefficient (Wildman–Crippen LogP) is 1.11. The van der Waals surface area contributed by atoms with Crippen molar-refractivity contribution in [2.24, 2.45) is 0 Å². The molecule has 0 amide bonds. The van der Waals surface area contributed by atoms with Gasteiger partial charge < -0.3 is 14.8 Å². The summed E-state index contributed by atoms with van der Waals surface area (Å²) in [6.45, 7) is 0. The van der Waals surface area contributed by atoms with Crippen molar-refractivity contribution in [2.45, 2.75) is 9.79 Å². The van der Waals surface area contributed by atoms with Crippen LogP contribution in [0.1, 0.15) is 11.1 Å². The number of benzene rings is 3. The molecule has 0 aliphatic heterocycles. The summed E-state index contributed by atoms with van der Waals surface area (Å²) >= 11 is 0. The second-order valence-corrected chi connectivity index (χ2v) is 13.1. The molecule has 3 aromatic carbocycles. The van der Waals surface area contributed by atoms with E-state index in [2.05, 4.69) is 5.32 Å². The van der Waals surface area contributed by atoms with Crippen molar-refractivity contribution in [1.82, 2.24) is 0 Å². The number of allylic oxidation sites excluding steroid dienone is 5. The fourth-order valence-electron chi connectivity index (χ4n) is 4.64. The van der Waals surface area contributed by atoms with Crippen molar-refractivity contribution >= 4 is 60.0 Å². The Morgan fingerprint density at radius 3 is 1.87 bits per heavy atom. The monoisotopic (exact) mass is 692 g/mol. The summed E-state index contributed by atoms with van der Waals surface area (Å²) in [7, 11) is -3.43. The summed E-state index contributed by atoms with van der Waals surface area (Å²) in [4.78, 5) is 20.9. The van der Waals surface area contributed by atoms with Gasteiger partial charge >= 0.3 is 29.6 Å². The van der Waals surface area contributed by atoms with Crippen LogP contribution in [0.4, 0.5) is 28.4 Å². The molecule has 0 heterocycles. The molecule has 2 N–H and O–H groups in total. The van der Waals surface area contributed by atoms with Gasteiger partial charge in [-0.3, -0.25) is 24.8 Å². The average molecular weight is 693 g/mol. The normalized spacial score (nSPS) is 12.7. The molecular formula is C29H27N5NaO10S2+. The zero-order chi connectivity index (χ0) is 34.1. The van der Waals surface area contributed by atoms with Gasteiger partial charge in [0.1, 0.15) is 34.8 Å². The Kier molecular flexibility index (Phi) is 11.3. The smallest absolute Gasteiger partial charge is 0.744 e. The van der Waals surface area contributed by atoms with E-state index in [1.165, 1.54) is 0 Å². The fraction of sp³-hybridized carbons (Fsp3) is 0.138. The minimum Gasteiger partial charge on any atom is -0.744 e. The number of nitro groups is 2. The van der Waals surface area contributed by atoms with E-state index in [4.69, 9.17) is 0 Å². The van der Waals surface area contributed by atoms with Gasteiger partial charge in [0.15, 0.2) is 5.71 Å². The summed E-state index contributed by atoms with van der Waals surface area (Å²) in [5, 5.41) is 25.5.